The van der Waals surface area contributed by atoms with E-state index in [0.29, 0.717) is 24.9 Å². The van der Waals surface area contributed by atoms with Crippen LogP contribution in [-0.2, 0) is 10.0 Å². The van der Waals surface area contributed by atoms with Gasteiger partial charge in [-0.1, -0.05) is 0 Å². The largest absolute Gasteiger partial charge is 0.356 e. The lowest BCUT2D eigenvalue weighted by Crippen LogP contribution is -2.33. The lowest BCUT2D eigenvalue weighted by molar-refractivity contribution is 0.458. The molecule has 3 heterocycles. The van der Waals surface area contributed by atoms with Gasteiger partial charge in [0.05, 0.1) is 6.26 Å². The van der Waals surface area contributed by atoms with Crippen molar-refractivity contribution < 1.29 is 8.42 Å². The van der Waals surface area contributed by atoms with E-state index in [4.69, 9.17) is 0 Å². The molecule has 104 valence electrons. The molecule has 2 aliphatic rings. The van der Waals surface area contributed by atoms with E-state index in [0.717, 1.165) is 24.5 Å². The number of sulfonamides is 1. The zero-order valence-electron chi connectivity index (χ0n) is 11.2. The first kappa shape index (κ1) is 12.8. The molecular formula is C12H18N4O2S. The molecule has 6 nitrogen and oxygen atoms in total. The predicted molar refractivity (Wildman–Crippen MR) is 72.4 cm³/mol. The fourth-order valence-electron chi connectivity index (χ4n) is 3.12. The van der Waals surface area contributed by atoms with E-state index in [1.807, 2.05) is 13.1 Å². The Morgan fingerprint density at radius 1 is 1.21 bits per heavy atom. The summed E-state index contributed by atoms with van der Waals surface area (Å²) < 4.78 is 24.7. The molecule has 3 rings (SSSR count). The number of fused-ring (bicyclic) bond motifs is 1. The van der Waals surface area contributed by atoms with Crippen LogP contribution in [0.4, 0.5) is 5.82 Å². The Balaban J connectivity index is 1.74. The van der Waals surface area contributed by atoms with Crippen molar-refractivity contribution in [2.24, 2.45) is 11.8 Å². The van der Waals surface area contributed by atoms with Gasteiger partial charge in [0, 0.05) is 37.9 Å². The minimum atomic E-state index is -3.05. The zero-order valence-corrected chi connectivity index (χ0v) is 12.0. The van der Waals surface area contributed by atoms with Gasteiger partial charge >= 0.3 is 0 Å². The van der Waals surface area contributed by atoms with Crippen LogP contribution >= 0.6 is 0 Å². The van der Waals surface area contributed by atoms with E-state index < -0.39 is 10.0 Å². The molecule has 1 aromatic heterocycles. The minimum Gasteiger partial charge on any atom is -0.356 e. The van der Waals surface area contributed by atoms with Crippen molar-refractivity contribution >= 4 is 15.8 Å². The fraction of sp³-hybridized carbons (Fsp3) is 0.667. The van der Waals surface area contributed by atoms with Crippen LogP contribution in [0.15, 0.2) is 12.5 Å². The van der Waals surface area contributed by atoms with Gasteiger partial charge in [-0.05, 0) is 18.8 Å². The molecule has 0 aliphatic carbocycles. The summed E-state index contributed by atoms with van der Waals surface area (Å²) in [7, 11) is -3.05. The monoisotopic (exact) mass is 282 g/mol. The summed E-state index contributed by atoms with van der Waals surface area (Å²) in [4.78, 5) is 10.6. The van der Waals surface area contributed by atoms with Gasteiger partial charge in [0.1, 0.15) is 12.1 Å². The minimum absolute atomic E-state index is 0.420. The third-order valence-electron chi connectivity index (χ3n) is 4.09. The normalized spacial score (nSPS) is 27.8. The van der Waals surface area contributed by atoms with Crippen molar-refractivity contribution in [2.75, 3.05) is 37.3 Å². The molecular weight excluding hydrogens is 264 g/mol. The quantitative estimate of drug-likeness (QED) is 0.770. The average Bonchev–Trinajstić information content (AvgIpc) is 2.86. The lowest BCUT2D eigenvalue weighted by Gasteiger charge is -2.22. The van der Waals surface area contributed by atoms with Crippen LogP contribution in [0.3, 0.4) is 0 Å². The Morgan fingerprint density at radius 2 is 1.84 bits per heavy atom. The third-order valence-corrected chi connectivity index (χ3v) is 5.33. The molecule has 0 aromatic carbocycles. The molecule has 0 bridgehead atoms. The SMILES string of the molecule is Cc1cncnc1N1CC2CN(S(C)(=O)=O)CC2C1. The van der Waals surface area contributed by atoms with Crippen molar-refractivity contribution in [3.8, 4) is 0 Å². The van der Waals surface area contributed by atoms with Gasteiger partial charge in [-0.25, -0.2) is 22.7 Å². The fourth-order valence-corrected chi connectivity index (χ4v) is 4.04. The smallest absolute Gasteiger partial charge is 0.211 e. The summed E-state index contributed by atoms with van der Waals surface area (Å²) in [5.74, 6) is 1.82. The molecule has 0 spiro atoms. The van der Waals surface area contributed by atoms with Gasteiger partial charge in [0.2, 0.25) is 10.0 Å². The highest BCUT2D eigenvalue weighted by atomic mass is 32.2. The molecule has 7 heteroatoms. The van der Waals surface area contributed by atoms with Crippen LogP contribution in [0.1, 0.15) is 5.56 Å². The molecule has 2 fully saturated rings. The highest BCUT2D eigenvalue weighted by Gasteiger charge is 2.43. The Bertz CT molecular complexity index is 575. The summed E-state index contributed by atoms with van der Waals surface area (Å²) in [6.45, 7) is 5.06. The van der Waals surface area contributed by atoms with Gasteiger partial charge in [-0.3, -0.25) is 0 Å². The van der Waals surface area contributed by atoms with Crippen LogP contribution in [0, 0.1) is 18.8 Å². The number of hydrogen-bond donors (Lipinski definition) is 0. The average molecular weight is 282 g/mol. The number of nitrogens with zero attached hydrogens (tertiary/aromatic N) is 4. The molecule has 1 aromatic rings. The zero-order chi connectivity index (χ0) is 13.6. The molecule has 0 radical (unpaired) electrons. The molecule has 19 heavy (non-hydrogen) atoms. The van der Waals surface area contributed by atoms with Crippen molar-refractivity contribution in [1.82, 2.24) is 14.3 Å². The van der Waals surface area contributed by atoms with Crippen molar-refractivity contribution in [1.29, 1.82) is 0 Å². The van der Waals surface area contributed by atoms with Gasteiger partial charge in [0.25, 0.3) is 0 Å². The number of aryl methyl sites for hydroxylation is 1. The summed E-state index contributed by atoms with van der Waals surface area (Å²) in [6.07, 6.45) is 4.68. The van der Waals surface area contributed by atoms with E-state index in [9.17, 15) is 8.42 Å². The molecule has 2 aliphatic heterocycles. The van der Waals surface area contributed by atoms with E-state index in [1.165, 1.54) is 6.26 Å². The van der Waals surface area contributed by atoms with Crippen LogP contribution in [-0.4, -0.2) is 55.1 Å². The Morgan fingerprint density at radius 3 is 2.37 bits per heavy atom. The lowest BCUT2D eigenvalue weighted by atomic mass is 10.0. The standard InChI is InChI=1S/C12H18N4O2S/c1-9-3-13-8-14-12(9)15-4-10-6-16(19(2,17)18)7-11(10)5-15/h3,8,10-11H,4-7H2,1-2H3. The molecule has 0 amide bonds. The number of aromatic nitrogens is 2. The number of hydrogen-bond acceptors (Lipinski definition) is 5. The summed E-state index contributed by atoms with van der Waals surface area (Å²) in [6, 6.07) is 0. The molecule has 2 unspecified atom stereocenters. The predicted octanol–water partition coefficient (Wildman–Crippen LogP) is 0.113. The van der Waals surface area contributed by atoms with Gasteiger partial charge in [-0.15, -0.1) is 0 Å². The maximum Gasteiger partial charge on any atom is 0.211 e. The Hall–Kier alpha value is -1.21. The molecule has 2 saturated heterocycles. The molecule has 2 atom stereocenters. The van der Waals surface area contributed by atoms with E-state index in [1.54, 1.807) is 10.6 Å². The van der Waals surface area contributed by atoms with Crippen LogP contribution in [0.2, 0.25) is 0 Å². The third kappa shape index (κ3) is 2.32. The van der Waals surface area contributed by atoms with Crippen LogP contribution < -0.4 is 4.90 Å². The second kappa shape index (κ2) is 4.42. The second-order valence-corrected chi connectivity index (χ2v) is 7.52. The Kier molecular flexibility index (Phi) is 2.98. The summed E-state index contributed by atoms with van der Waals surface area (Å²) >= 11 is 0. The first-order chi connectivity index (χ1) is 8.95. The molecule has 0 saturated carbocycles. The highest BCUT2D eigenvalue weighted by molar-refractivity contribution is 7.88. The number of anilines is 1. The van der Waals surface area contributed by atoms with Gasteiger partial charge in [0.15, 0.2) is 0 Å². The van der Waals surface area contributed by atoms with Crippen molar-refractivity contribution in [2.45, 2.75) is 6.92 Å². The summed E-state index contributed by atoms with van der Waals surface area (Å²) in [5, 5.41) is 0. The summed E-state index contributed by atoms with van der Waals surface area (Å²) in [5.41, 5.74) is 1.07. The van der Waals surface area contributed by atoms with Crippen molar-refractivity contribution in [3.05, 3.63) is 18.1 Å². The van der Waals surface area contributed by atoms with Crippen molar-refractivity contribution in [3.63, 3.8) is 0 Å². The molecule has 0 N–H and O–H groups in total. The topological polar surface area (TPSA) is 66.4 Å². The van der Waals surface area contributed by atoms with E-state index >= 15 is 0 Å². The van der Waals surface area contributed by atoms with Gasteiger partial charge < -0.3 is 4.90 Å². The highest BCUT2D eigenvalue weighted by Crippen LogP contribution is 2.34. The Labute approximate surface area is 113 Å². The second-order valence-electron chi connectivity index (χ2n) is 5.53. The number of rotatable bonds is 2. The maximum atomic E-state index is 11.6. The van der Waals surface area contributed by atoms with Crippen LogP contribution in [0.25, 0.3) is 0 Å². The van der Waals surface area contributed by atoms with Crippen LogP contribution in [0.5, 0.6) is 0 Å². The van der Waals surface area contributed by atoms with E-state index in [-0.39, 0.29) is 0 Å². The first-order valence-corrected chi connectivity index (χ1v) is 8.26. The maximum absolute atomic E-state index is 11.6. The van der Waals surface area contributed by atoms with Gasteiger partial charge in [-0.2, -0.15) is 0 Å². The van der Waals surface area contributed by atoms with E-state index in [2.05, 4.69) is 14.9 Å². The first-order valence-electron chi connectivity index (χ1n) is 6.42.